The highest BCUT2D eigenvalue weighted by molar-refractivity contribution is 7.12. The zero-order chi connectivity index (χ0) is 10.1. The van der Waals surface area contributed by atoms with Crippen LogP contribution in [0, 0.1) is 6.92 Å². The number of carboxylic acid groups (broad SMARTS) is 1. The monoisotopic (exact) mass is 198 g/mol. The molecule has 1 heterocycles. The fraction of sp³-hybridized carbons (Fsp3) is 0.500. The average Bonchev–Trinajstić information content (AvgIpc) is 2.32. The van der Waals surface area contributed by atoms with Crippen LogP contribution in [0.15, 0.2) is 12.1 Å². The first-order chi connectivity index (χ1) is 5.92. The van der Waals surface area contributed by atoms with Gasteiger partial charge in [-0.05, 0) is 19.1 Å². The Morgan fingerprint density at radius 3 is 2.54 bits per heavy atom. The predicted octanol–water partition coefficient (Wildman–Crippen LogP) is 2.81. The fourth-order valence-corrected chi connectivity index (χ4v) is 2.23. The van der Waals surface area contributed by atoms with Gasteiger partial charge < -0.3 is 5.11 Å². The third-order valence-corrected chi connectivity index (χ3v) is 3.37. The highest BCUT2D eigenvalue weighted by Gasteiger charge is 2.25. The van der Waals surface area contributed by atoms with Gasteiger partial charge in [0.15, 0.2) is 0 Å². The molecule has 0 unspecified atom stereocenters. The van der Waals surface area contributed by atoms with Crippen LogP contribution in [0.5, 0.6) is 0 Å². The number of aliphatic carboxylic acids is 1. The molecule has 1 aromatic heterocycles. The van der Waals surface area contributed by atoms with Crippen LogP contribution in [-0.4, -0.2) is 11.1 Å². The summed E-state index contributed by atoms with van der Waals surface area (Å²) in [4.78, 5) is 13.0. The van der Waals surface area contributed by atoms with Crippen molar-refractivity contribution in [2.75, 3.05) is 0 Å². The second-order valence-electron chi connectivity index (χ2n) is 3.86. The first-order valence-corrected chi connectivity index (χ1v) is 5.02. The molecule has 2 nitrogen and oxygen atoms in total. The van der Waals surface area contributed by atoms with Crippen LogP contribution in [0.4, 0.5) is 0 Å². The van der Waals surface area contributed by atoms with E-state index in [0.717, 1.165) is 4.88 Å². The molecule has 1 rings (SSSR count). The first kappa shape index (κ1) is 10.3. The molecule has 13 heavy (non-hydrogen) atoms. The summed E-state index contributed by atoms with van der Waals surface area (Å²) in [7, 11) is 0. The Bertz CT molecular complexity index is 312. The molecule has 0 bridgehead atoms. The molecule has 0 amide bonds. The summed E-state index contributed by atoms with van der Waals surface area (Å²) in [6.07, 6.45) is 0.187. The molecule has 1 aromatic rings. The third kappa shape index (κ3) is 2.56. The van der Waals surface area contributed by atoms with E-state index in [-0.39, 0.29) is 11.8 Å². The summed E-state index contributed by atoms with van der Waals surface area (Å²) in [6, 6.07) is 4.05. The van der Waals surface area contributed by atoms with Crippen molar-refractivity contribution in [3.8, 4) is 0 Å². The lowest BCUT2D eigenvalue weighted by atomic mass is 9.88. The highest BCUT2D eigenvalue weighted by atomic mass is 32.1. The fourth-order valence-electron chi connectivity index (χ4n) is 1.26. The summed E-state index contributed by atoms with van der Waals surface area (Å²) < 4.78 is 0. The second kappa shape index (κ2) is 3.50. The summed E-state index contributed by atoms with van der Waals surface area (Å²) >= 11 is 1.67. The molecule has 0 aliphatic carbocycles. The molecular weight excluding hydrogens is 184 g/mol. The Morgan fingerprint density at radius 2 is 2.15 bits per heavy atom. The van der Waals surface area contributed by atoms with Crippen molar-refractivity contribution in [1.29, 1.82) is 0 Å². The minimum Gasteiger partial charge on any atom is -0.481 e. The summed E-state index contributed by atoms with van der Waals surface area (Å²) in [5.74, 6) is -0.740. The number of carboxylic acids is 1. The average molecular weight is 198 g/mol. The Hall–Kier alpha value is -0.830. The number of thiophene rings is 1. The van der Waals surface area contributed by atoms with E-state index in [2.05, 4.69) is 0 Å². The molecule has 72 valence electrons. The van der Waals surface area contributed by atoms with Crippen molar-refractivity contribution < 1.29 is 9.90 Å². The van der Waals surface area contributed by atoms with Crippen LogP contribution in [0.1, 0.15) is 30.0 Å². The lowest BCUT2D eigenvalue weighted by Gasteiger charge is -2.20. The molecule has 0 saturated heterocycles. The Labute approximate surface area is 82.2 Å². The second-order valence-corrected chi connectivity index (χ2v) is 5.15. The largest absolute Gasteiger partial charge is 0.481 e. The van der Waals surface area contributed by atoms with Crippen LogP contribution >= 0.6 is 11.3 Å². The molecule has 3 heteroatoms. The molecule has 0 saturated carbocycles. The quantitative estimate of drug-likeness (QED) is 0.810. The highest BCUT2D eigenvalue weighted by Crippen LogP contribution is 2.32. The van der Waals surface area contributed by atoms with Gasteiger partial charge in [0.2, 0.25) is 0 Å². The standard InChI is InChI=1S/C10H14O2S/c1-7-4-5-8(13-7)10(2,3)6-9(11)12/h4-5H,6H2,1-3H3,(H,11,12). The zero-order valence-electron chi connectivity index (χ0n) is 8.13. The Kier molecular flexibility index (Phi) is 2.76. The molecule has 0 aliphatic heterocycles. The molecule has 0 aliphatic rings. The number of rotatable bonds is 3. The number of hydrogen-bond donors (Lipinski definition) is 1. The van der Waals surface area contributed by atoms with Gasteiger partial charge in [-0.3, -0.25) is 4.79 Å². The van der Waals surface area contributed by atoms with E-state index < -0.39 is 5.97 Å². The number of hydrogen-bond acceptors (Lipinski definition) is 2. The van der Waals surface area contributed by atoms with Gasteiger partial charge in [-0.1, -0.05) is 13.8 Å². The van der Waals surface area contributed by atoms with Gasteiger partial charge in [-0.15, -0.1) is 11.3 Å². The van der Waals surface area contributed by atoms with Crippen molar-refractivity contribution in [1.82, 2.24) is 0 Å². The molecule has 1 N–H and O–H groups in total. The summed E-state index contributed by atoms with van der Waals surface area (Å²) in [5.41, 5.74) is -0.245. The van der Waals surface area contributed by atoms with Crippen molar-refractivity contribution in [3.63, 3.8) is 0 Å². The molecule has 0 spiro atoms. The van der Waals surface area contributed by atoms with E-state index in [1.165, 1.54) is 4.88 Å². The smallest absolute Gasteiger partial charge is 0.304 e. The lowest BCUT2D eigenvalue weighted by molar-refractivity contribution is -0.138. The van der Waals surface area contributed by atoms with Crippen LogP contribution in [-0.2, 0) is 10.2 Å². The van der Waals surface area contributed by atoms with Gasteiger partial charge in [0, 0.05) is 15.2 Å². The van der Waals surface area contributed by atoms with Crippen LogP contribution < -0.4 is 0 Å². The maximum absolute atomic E-state index is 10.6. The zero-order valence-corrected chi connectivity index (χ0v) is 8.94. The van der Waals surface area contributed by atoms with Gasteiger partial charge >= 0.3 is 5.97 Å². The molecule has 0 radical (unpaired) electrons. The minimum atomic E-state index is -0.740. The maximum Gasteiger partial charge on any atom is 0.304 e. The van der Waals surface area contributed by atoms with Crippen molar-refractivity contribution in [2.45, 2.75) is 32.6 Å². The van der Waals surface area contributed by atoms with E-state index in [0.29, 0.717) is 0 Å². The molecule has 0 fully saturated rings. The minimum absolute atomic E-state index is 0.187. The predicted molar refractivity (Wildman–Crippen MR) is 54.3 cm³/mol. The normalized spacial score (nSPS) is 11.6. The Balaban J connectivity index is 2.86. The van der Waals surface area contributed by atoms with Gasteiger partial charge in [0.05, 0.1) is 6.42 Å². The third-order valence-electron chi connectivity index (χ3n) is 2.00. The number of carbonyl (C=O) groups is 1. The van der Waals surface area contributed by atoms with E-state index in [1.807, 2.05) is 32.9 Å². The van der Waals surface area contributed by atoms with E-state index in [9.17, 15) is 4.79 Å². The van der Waals surface area contributed by atoms with Gasteiger partial charge in [0.25, 0.3) is 0 Å². The first-order valence-electron chi connectivity index (χ1n) is 4.20. The maximum atomic E-state index is 10.6. The van der Waals surface area contributed by atoms with Gasteiger partial charge in [0.1, 0.15) is 0 Å². The summed E-state index contributed by atoms with van der Waals surface area (Å²) in [5, 5.41) is 8.72. The van der Waals surface area contributed by atoms with Crippen LogP contribution in [0.25, 0.3) is 0 Å². The Morgan fingerprint density at radius 1 is 1.54 bits per heavy atom. The van der Waals surface area contributed by atoms with Crippen LogP contribution in [0.3, 0.4) is 0 Å². The lowest BCUT2D eigenvalue weighted by Crippen LogP contribution is -2.20. The molecular formula is C10H14O2S. The van der Waals surface area contributed by atoms with E-state index >= 15 is 0 Å². The van der Waals surface area contributed by atoms with Crippen molar-refractivity contribution in [2.24, 2.45) is 0 Å². The molecule has 0 atom stereocenters. The van der Waals surface area contributed by atoms with E-state index in [1.54, 1.807) is 11.3 Å². The number of aryl methyl sites for hydroxylation is 1. The summed E-state index contributed by atoms with van der Waals surface area (Å²) in [6.45, 7) is 5.96. The van der Waals surface area contributed by atoms with Gasteiger partial charge in [-0.2, -0.15) is 0 Å². The SMILES string of the molecule is Cc1ccc(C(C)(C)CC(=O)O)s1. The molecule has 0 aromatic carbocycles. The topological polar surface area (TPSA) is 37.3 Å². The van der Waals surface area contributed by atoms with Crippen molar-refractivity contribution >= 4 is 17.3 Å². The van der Waals surface area contributed by atoms with Crippen LogP contribution in [0.2, 0.25) is 0 Å². The van der Waals surface area contributed by atoms with Gasteiger partial charge in [-0.25, -0.2) is 0 Å². The van der Waals surface area contributed by atoms with Crippen molar-refractivity contribution in [3.05, 3.63) is 21.9 Å². The van der Waals surface area contributed by atoms with E-state index in [4.69, 9.17) is 5.11 Å².